The van der Waals surface area contributed by atoms with Crippen molar-refractivity contribution in [3.63, 3.8) is 0 Å². The Kier molecular flexibility index (Phi) is 12.8. The Morgan fingerprint density at radius 1 is 0.970 bits per heavy atom. The van der Waals surface area contributed by atoms with E-state index in [2.05, 4.69) is 50.8 Å². The van der Waals surface area contributed by atoms with Crippen molar-refractivity contribution < 1.29 is 32.4 Å². The fourth-order valence-corrected chi connectivity index (χ4v) is 10.5. The summed E-state index contributed by atoms with van der Waals surface area (Å²) in [7, 11) is -4.67. The molecule has 66 heavy (non-hydrogen) atoms. The van der Waals surface area contributed by atoms with Crippen molar-refractivity contribution in [2.75, 3.05) is 74.2 Å². The highest BCUT2D eigenvalue weighted by Crippen LogP contribution is 2.44. The van der Waals surface area contributed by atoms with Gasteiger partial charge in [0.15, 0.2) is 0 Å². The number of anilines is 4. The summed E-state index contributed by atoms with van der Waals surface area (Å²) in [5, 5.41) is 16.7. The first-order chi connectivity index (χ1) is 31.7. The van der Waals surface area contributed by atoms with Crippen molar-refractivity contribution in [2.24, 2.45) is 11.3 Å². The smallest absolute Gasteiger partial charge is 0.419 e. The minimum absolute atomic E-state index is 0.0332. The van der Waals surface area contributed by atoms with E-state index in [9.17, 15) is 28.1 Å². The number of sulfonamides is 1. The van der Waals surface area contributed by atoms with E-state index in [-0.39, 0.29) is 34.9 Å². The lowest BCUT2D eigenvalue weighted by molar-refractivity contribution is -0.384. The maximum Gasteiger partial charge on any atom is 0.419 e. The zero-order chi connectivity index (χ0) is 46.2. The number of amides is 2. The van der Waals surface area contributed by atoms with Crippen LogP contribution in [0.1, 0.15) is 67.6 Å². The van der Waals surface area contributed by atoms with Crippen molar-refractivity contribution >= 4 is 78.7 Å². The number of allylic oxidation sites excluding steroid dienone is 1. The summed E-state index contributed by atoms with van der Waals surface area (Å²) in [5.74, 6) is -0.795. The third kappa shape index (κ3) is 9.75. The molecule has 16 nitrogen and oxygen atoms in total. The number of halogens is 1. The second kappa shape index (κ2) is 18.7. The van der Waals surface area contributed by atoms with E-state index in [1.54, 1.807) is 24.4 Å². The molecule has 5 aromatic rings. The molecular formula is C48H53ClN8O8S. The third-order valence-electron chi connectivity index (χ3n) is 13.2. The third-order valence-corrected chi connectivity index (χ3v) is 14.8. The number of fused-ring (bicyclic) bond motifs is 2. The largest absolute Gasteiger partial charge is 0.448 e. The van der Waals surface area contributed by atoms with Gasteiger partial charge in [0.2, 0.25) is 0 Å². The summed E-state index contributed by atoms with van der Waals surface area (Å²) >= 11 is 6.26. The highest BCUT2D eigenvalue weighted by Gasteiger charge is 2.34. The minimum Gasteiger partial charge on any atom is -0.448 e. The average molecular weight is 938 g/mol. The summed E-state index contributed by atoms with van der Waals surface area (Å²) in [6, 6.07) is 20.2. The molecule has 0 atom stereocenters. The van der Waals surface area contributed by atoms with E-state index >= 15 is 0 Å². The molecule has 3 aliphatic heterocycles. The molecule has 2 fully saturated rings. The quantitative estimate of drug-likeness (QED) is 0.0798. The molecule has 2 amide bonds. The number of benzene rings is 3. The van der Waals surface area contributed by atoms with Crippen LogP contribution in [0.3, 0.4) is 0 Å². The van der Waals surface area contributed by atoms with Gasteiger partial charge in [-0.2, -0.15) is 0 Å². The van der Waals surface area contributed by atoms with Crippen LogP contribution in [-0.4, -0.2) is 99.3 Å². The first-order valence-electron chi connectivity index (χ1n) is 22.4. The number of nitro groups is 1. The molecule has 4 aliphatic rings. The number of cyclic esters (lactones) is 1. The van der Waals surface area contributed by atoms with E-state index in [0.717, 1.165) is 68.9 Å². The van der Waals surface area contributed by atoms with Gasteiger partial charge in [0.25, 0.3) is 21.6 Å². The Bertz CT molecular complexity index is 2820. The van der Waals surface area contributed by atoms with Gasteiger partial charge < -0.3 is 24.7 Å². The van der Waals surface area contributed by atoms with E-state index in [1.165, 1.54) is 39.8 Å². The topological polar surface area (TPSA) is 192 Å². The fourth-order valence-electron chi connectivity index (χ4n) is 9.42. The Morgan fingerprint density at radius 2 is 1.74 bits per heavy atom. The van der Waals surface area contributed by atoms with Crippen molar-refractivity contribution in [1.82, 2.24) is 19.6 Å². The molecule has 3 N–H and O–H groups in total. The van der Waals surface area contributed by atoms with Crippen LogP contribution in [0, 0.1) is 21.4 Å². The van der Waals surface area contributed by atoms with Gasteiger partial charge in [0.05, 0.1) is 39.1 Å². The van der Waals surface area contributed by atoms with Crippen LogP contribution in [0.15, 0.2) is 89.5 Å². The van der Waals surface area contributed by atoms with Crippen molar-refractivity contribution in [2.45, 2.75) is 57.3 Å². The SMILES string of the molecule is CC1(C)CCC(CN2CCN(c3ccc(C(=O)NS(=O)(=O)c4ccc(NCC5CCOCC5)c([N+](=O)[O-])c4)c(N4C(=O)OCCc5nc6[nH]ccc6cc54)c3)CC2)=C(c2ccc(Cl)cc2)C1. The molecule has 0 saturated carbocycles. The molecule has 2 aromatic heterocycles. The van der Waals surface area contributed by atoms with Crippen molar-refractivity contribution in [3.05, 3.63) is 117 Å². The van der Waals surface area contributed by atoms with Gasteiger partial charge in [-0.05, 0) is 109 Å². The van der Waals surface area contributed by atoms with Crippen molar-refractivity contribution in [1.29, 1.82) is 0 Å². The summed E-state index contributed by atoms with van der Waals surface area (Å²) in [5.41, 5.74) is 6.18. The van der Waals surface area contributed by atoms with Gasteiger partial charge in [-0.15, -0.1) is 0 Å². The van der Waals surface area contributed by atoms with E-state index in [1.807, 2.05) is 18.2 Å². The number of carbonyl (C=O) groups is 2. The highest BCUT2D eigenvalue weighted by molar-refractivity contribution is 7.90. The van der Waals surface area contributed by atoms with Crippen LogP contribution in [0.2, 0.25) is 5.02 Å². The number of nitrogens with one attached hydrogen (secondary N) is 3. The summed E-state index contributed by atoms with van der Waals surface area (Å²) < 4.78 is 41.1. The van der Waals surface area contributed by atoms with Gasteiger partial charge in [-0.25, -0.2) is 27.8 Å². The molecule has 2 saturated heterocycles. The zero-order valence-corrected chi connectivity index (χ0v) is 38.6. The molecule has 9 rings (SSSR count). The number of aromatic nitrogens is 2. The van der Waals surface area contributed by atoms with Crippen LogP contribution in [0.4, 0.5) is 33.2 Å². The van der Waals surface area contributed by atoms with E-state index in [4.69, 9.17) is 26.1 Å². The number of nitrogens with zero attached hydrogens (tertiary/aromatic N) is 5. The lowest BCUT2D eigenvalue weighted by Gasteiger charge is -2.39. The number of hydrogen-bond donors (Lipinski definition) is 3. The Balaban J connectivity index is 1.00. The number of carbonyl (C=O) groups excluding carboxylic acids is 2. The summed E-state index contributed by atoms with van der Waals surface area (Å²) in [6.45, 7) is 10.0. The highest BCUT2D eigenvalue weighted by atomic mass is 35.5. The van der Waals surface area contributed by atoms with Gasteiger partial charge in [0.1, 0.15) is 11.3 Å². The molecule has 0 bridgehead atoms. The molecule has 18 heteroatoms. The first kappa shape index (κ1) is 45.2. The summed E-state index contributed by atoms with van der Waals surface area (Å²) in [6.07, 6.45) is 6.00. The fraction of sp³-hybridized carbons (Fsp3) is 0.396. The standard InChI is InChI=1S/C48H53ClN8O8S/c1-48(2)16-11-34(39(28-48)32-3-5-35(49)6-4-32)30-54-18-20-55(21-19-54)36-7-9-38(42(26-36)56-43-25-33-12-17-50-45(33)52-41(43)15-24-65-47(56)59)46(58)53-66(62,63)37-8-10-40(44(27-37)57(60)61)51-29-31-13-22-64-23-14-31/h3-10,12,17,25-27,31,51H,11,13-16,18-24,28-30H2,1-2H3,(H,50,52)(H,53,58). The molecule has 1 aliphatic carbocycles. The number of rotatable bonds is 12. The molecule has 3 aromatic carbocycles. The number of piperazine rings is 1. The average Bonchev–Trinajstić information content (AvgIpc) is 3.70. The molecule has 346 valence electrons. The number of ether oxygens (including phenoxy) is 2. The first-order valence-corrected chi connectivity index (χ1v) is 24.3. The Hall–Kier alpha value is -6.01. The number of hydrogen-bond acceptors (Lipinski definition) is 12. The predicted octanol–water partition coefficient (Wildman–Crippen LogP) is 8.70. The van der Waals surface area contributed by atoms with Crippen LogP contribution in [0.5, 0.6) is 0 Å². The number of nitro benzene ring substituents is 1. The monoisotopic (exact) mass is 936 g/mol. The maximum atomic E-state index is 14.4. The lowest BCUT2D eigenvalue weighted by atomic mass is 9.72. The Labute approximate surface area is 388 Å². The second-order valence-electron chi connectivity index (χ2n) is 18.3. The van der Waals surface area contributed by atoms with Crippen LogP contribution in [-0.2, 0) is 25.9 Å². The van der Waals surface area contributed by atoms with Crippen molar-refractivity contribution in [3.8, 4) is 0 Å². The van der Waals surface area contributed by atoms with Crippen LogP contribution < -0.4 is 19.8 Å². The molecule has 0 spiro atoms. The van der Waals surface area contributed by atoms with Gasteiger partial charge >= 0.3 is 6.09 Å². The number of pyridine rings is 1. The zero-order valence-electron chi connectivity index (χ0n) is 37.0. The van der Waals surface area contributed by atoms with E-state index in [0.29, 0.717) is 61.3 Å². The molecule has 0 unspecified atom stereocenters. The molecular weight excluding hydrogens is 884 g/mol. The summed E-state index contributed by atoms with van der Waals surface area (Å²) in [4.78, 5) is 53.3. The number of aromatic amines is 1. The van der Waals surface area contributed by atoms with Gasteiger partial charge in [0, 0.05) is 87.3 Å². The van der Waals surface area contributed by atoms with Gasteiger partial charge in [-0.3, -0.25) is 19.8 Å². The minimum atomic E-state index is -4.67. The van der Waals surface area contributed by atoms with Crippen LogP contribution in [0.25, 0.3) is 16.6 Å². The van der Waals surface area contributed by atoms with Crippen LogP contribution >= 0.6 is 11.6 Å². The van der Waals surface area contributed by atoms with E-state index < -0.39 is 37.5 Å². The van der Waals surface area contributed by atoms with Gasteiger partial charge in [-0.1, -0.05) is 43.2 Å². The maximum absolute atomic E-state index is 14.4. The molecule has 5 heterocycles. The second-order valence-corrected chi connectivity index (χ2v) is 20.4. The normalized spacial score (nSPS) is 18.4. The Morgan fingerprint density at radius 3 is 2.50 bits per heavy atom. The predicted molar refractivity (Wildman–Crippen MR) is 254 cm³/mol. The lowest BCUT2D eigenvalue weighted by Crippen LogP contribution is -2.47. The number of H-pyrrole nitrogens is 1. The molecule has 0 radical (unpaired) electrons.